The van der Waals surface area contributed by atoms with Gasteiger partial charge in [0.25, 0.3) is 0 Å². The van der Waals surface area contributed by atoms with E-state index in [4.69, 9.17) is 23.2 Å². The van der Waals surface area contributed by atoms with Crippen molar-refractivity contribution < 1.29 is 5.11 Å². The van der Waals surface area contributed by atoms with E-state index in [1.807, 2.05) is 78.9 Å². The smallest absolute Gasteiger partial charge is 0.142 e. The minimum Gasteiger partial charge on any atom is -0.376 e. The van der Waals surface area contributed by atoms with Crippen LogP contribution < -0.4 is 0 Å². The molecule has 0 saturated carbocycles. The standard InChI is InChI=1S/C29H18Cl2O/c30-21-12-9-18(10-13-21)25-16-19-11-14-22(31)15-20(19)17-28(25)29(32)26-7-3-1-5-23(26)24-6-2-4-8-27(24)29/h1-17,32H. The SMILES string of the molecule is OC1(c2cc3cc(Cl)ccc3cc2-c2ccc(Cl)cc2)c2ccccc2-c2ccccc21. The summed E-state index contributed by atoms with van der Waals surface area (Å²) < 4.78 is 0. The molecule has 1 N–H and O–H groups in total. The van der Waals surface area contributed by atoms with Gasteiger partial charge in [0, 0.05) is 26.7 Å². The highest BCUT2D eigenvalue weighted by Gasteiger charge is 2.44. The van der Waals surface area contributed by atoms with E-state index in [2.05, 4.69) is 24.3 Å². The van der Waals surface area contributed by atoms with Crippen LogP contribution >= 0.6 is 23.2 Å². The molecule has 0 heterocycles. The molecule has 0 fully saturated rings. The molecule has 1 nitrogen and oxygen atoms in total. The van der Waals surface area contributed by atoms with Crippen LogP contribution in [0.1, 0.15) is 16.7 Å². The molecule has 5 aromatic carbocycles. The lowest BCUT2D eigenvalue weighted by Gasteiger charge is -2.29. The van der Waals surface area contributed by atoms with Gasteiger partial charge in [0.1, 0.15) is 5.60 Å². The van der Waals surface area contributed by atoms with Gasteiger partial charge in [-0.15, -0.1) is 0 Å². The number of hydrogen-bond donors (Lipinski definition) is 1. The fourth-order valence-corrected chi connectivity index (χ4v) is 5.24. The molecule has 0 spiro atoms. The first-order valence-electron chi connectivity index (χ1n) is 10.5. The highest BCUT2D eigenvalue weighted by atomic mass is 35.5. The first kappa shape index (κ1) is 19.6. The molecular weight excluding hydrogens is 435 g/mol. The summed E-state index contributed by atoms with van der Waals surface area (Å²) in [6, 6.07) is 34.0. The first-order valence-corrected chi connectivity index (χ1v) is 11.2. The van der Waals surface area contributed by atoms with Crippen LogP contribution in [-0.4, -0.2) is 5.11 Å². The van der Waals surface area contributed by atoms with Gasteiger partial charge in [-0.3, -0.25) is 0 Å². The maximum Gasteiger partial charge on any atom is 0.142 e. The van der Waals surface area contributed by atoms with E-state index < -0.39 is 5.60 Å². The second kappa shape index (κ2) is 7.21. The highest BCUT2D eigenvalue weighted by molar-refractivity contribution is 6.31. The van der Waals surface area contributed by atoms with Crippen molar-refractivity contribution in [1.82, 2.24) is 0 Å². The summed E-state index contributed by atoms with van der Waals surface area (Å²) in [5.74, 6) is 0. The predicted octanol–water partition coefficient (Wildman–Crippen LogP) is 8.08. The minimum absolute atomic E-state index is 0.668. The Hall–Kier alpha value is -3.10. The zero-order valence-electron chi connectivity index (χ0n) is 17.0. The molecule has 3 heteroatoms. The molecule has 0 unspecified atom stereocenters. The molecule has 0 amide bonds. The van der Waals surface area contributed by atoms with Gasteiger partial charge in [0.15, 0.2) is 0 Å². The molecule has 0 atom stereocenters. The van der Waals surface area contributed by atoms with Crippen molar-refractivity contribution in [3.05, 3.63) is 130 Å². The van der Waals surface area contributed by atoms with E-state index >= 15 is 0 Å². The van der Waals surface area contributed by atoms with E-state index in [9.17, 15) is 5.11 Å². The molecular formula is C29H18Cl2O. The van der Waals surface area contributed by atoms with Crippen LogP contribution in [0, 0.1) is 0 Å². The average molecular weight is 453 g/mol. The van der Waals surface area contributed by atoms with E-state index in [1.165, 1.54) is 0 Å². The molecule has 0 aromatic heterocycles. The van der Waals surface area contributed by atoms with E-state index in [0.717, 1.165) is 49.7 Å². The van der Waals surface area contributed by atoms with Gasteiger partial charge in [-0.2, -0.15) is 0 Å². The number of rotatable bonds is 2. The van der Waals surface area contributed by atoms with Crippen LogP contribution in [-0.2, 0) is 5.60 Å². The van der Waals surface area contributed by atoms with Crippen molar-refractivity contribution in [3.8, 4) is 22.3 Å². The third kappa shape index (κ3) is 2.83. The average Bonchev–Trinajstić information content (AvgIpc) is 3.09. The summed E-state index contributed by atoms with van der Waals surface area (Å²) in [5.41, 5.74) is 5.38. The largest absolute Gasteiger partial charge is 0.376 e. The third-order valence-corrected chi connectivity index (χ3v) is 6.89. The molecule has 6 rings (SSSR count). The van der Waals surface area contributed by atoms with Crippen LogP contribution in [0.5, 0.6) is 0 Å². The zero-order valence-corrected chi connectivity index (χ0v) is 18.5. The summed E-state index contributed by atoms with van der Waals surface area (Å²) in [6.45, 7) is 0. The van der Waals surface area contributed by atoms with Crippen molar-refractivity contribution in [2.75, 3.05) is 0 Å². The van der Waals surface area contributed by atoms with Crippen LogP contribution in [0.4, 0.5) is 0 Å². The lowest BCUT2D eigenvalue weighted by atomic mass is 9.79. The summed E-state index contributed by atoms with van der Waals surface area (Å²) in [6.07, 6.45) is 0. The highest BCUT2D eigenvalue weighted by Crippen LogP contribution is 2.53. The van der Waals surface area contributed by atoms with Crippen molar-refractivity contribution in [2.24, 2.45) is 0 Å². The molecule has 1 aliphatic rings. The normalized spacial score (nSPS) is 13.7. The van der Waals surface area contributed by atoms with Gasteiger partial charge in [0.2, 0.25) is 0 Å². The van der Waals surface area contributed by atoms with E-state index in [1.54, 1.807) is 0 Å². The van der Waals surface area contributed by atoms with E-state index in [-0.39, 0.29) is 0 Å². The van der Waals surface area contributed by atoms with Gasteiger partial charge < -0.3 is 5.11 Å². The monoisotopic (exact) mass is 452 g/mol. The molecule has 32 heavy (non-hydrogen) atoms. The molecule has 154 valence electrons. The Balaban J connectivity index is 1.74. The van der Waals surface area contributed by atoms with Gasteiger partial charge in [0.05, 0.1) is 0 Å². The first-order chi connectivity index (χ1) is 15.6. The predicted molar refractivity (Wildman–Crippen MR) is 133 cm³/mol. The Morgan fingerprint density at radius 3 is 1.75 bits per heavy atom. The van der Waals surface area contributed by atoms with Gasteiger partial charge in [-0.05, 0) is 69.4 Å². The van der Waals surface area contributed by atoms with Crippen LogP contribution in [0.3, 0.4) is 0 Å². The zero-order chi connectivity index (χ0) is 21.9. The Kier molecular flexibility index (Phi) is 4.41. The summed E-state index contributed by atoms with van der Waals surface area (Å²) in [4.78, 5) is 0. The van der Waals surface area contributed by atoms with Gasteiger partial charge >= 0.3 is 0 Å². The summed E-state index contributed by atoms with van der Waals surface area (Å²) >= 11 is 12.5. The second-order valence-corrected chi connectivity index (χ2v) is 9.07. The Bertz CT molecular complexity index is 1460. The molecule has 5 aromatic rings. The minimum atomic E-state index is -1.29. The molecule has 0 aliphatic heterocycles. The van der Waals surface area contributed by atoms with Gasteiger partial charge in [-0.25, -0.2) is 0 Å². The summed E-state index contributed by atoms with van der Waals surface area (Å²) in [7, 11) is 0. The van der Waals surface area contributed by atoms with Crippen molar-refractivity contribution in [2.45, 2.75) is 5.60 Å². The number of fused-ring (bicyclic) bond motifs is 4. The van der Waals surface area contributed by atoms with Crippen LogP contribution in [0.2, 0.25) is 10.0 Å². The van der Waals surface area contributed by atoms with E-state index in [0.29, 0.717) is 10.0 Å². The van der Waals surface area contributed by atoms with Crippen molar-refractivity contribution in [3.63, 3.8) is 0 Å². The third-order valence-electron chi connectivity index (χ3n) is 6.41. The second-order valence-electron chi connectivity index (χ2n) is 8.20. The van der Waals surface area contributed by atoms with Gasteiger partial charge in [-0.1, -0.05) is 89.9 Å². The van der Waals surface area contributed by atoms with Crippen molar-refractivity contribution >= 4 is 34.0 Å². The molecule has 0 radical (unpaired) electrons. The molecule has 1 aliphatic carbocycles. The number of hydrogen-bond acceptors (Lipinski definition) is 1. The van der Waals surface area contributed by atoms with Crippen LogP contribution in [0.15, 0.2) is 103 Å². The quantitative estimate of drug-likeness (QED) is 0.287. The number of benzene rings is 5. The Labute approximate surface area is 196 Å². The lowest BCUT2D eigenvalue weighted by molar-refractivity contribution is 0.131. The maximum atomic E-state index is 12.5. The number of aliphatic hydroxyl groups is 1. The Morgan fingerprint density at radius 1 is 0.500 bits per heavy atom. The fourth-order valence-electron chi connectivity index (χ4n) is 4.94. The molecule has 0 bridgehead atoms. The number of halogens is 2. The van der Waals surface area contributed by atoms with Crippen molar-refractivity contribution in [1.29, 1.82) is 0 Å². The topological polar surface area (TPSA) is 20.2 Å². The lowest BCUT2D eigenvalue weighted by Crippen LogP contribution is -2.27. The fraction of sp³-hybridized carbons (Fsp3) is 0.0345. The van der Waals surface area contributed by atoms with Crippen LogP contribution in [0.25, 0.3) is 33.0 Å². The maximum absolute atomic E-state index is 12.5. The summed E-state index contributed by atoms with van der Waals surface area (Å²) in [5, 5.41) is 15.9. The Morgan fingerprint density at radius 2 is 1.09 bits per heavy atom. The molecule has 0 saturated heterocycles.